The van der Waals surface area contributed by atoms with Gasteiger partial charge in [-0.05, 0) is 42.8 Å². The Kier molecular flexibility index (Phi) is 4.67. The summed E-state index contributed by atoms with van der Waals surface area (Å²) in [5.74, 6) is 0. The van der Waals surface area contributed by atoms with Gasteiger partial charge in [0.2, 0.25) is 0 Å². The van der Waals surface area contributed by atoms with E-state index in [4.69, 9.17) is 5.73 Å². The van der Waals surface area contributed by atoms with Gasteiger partial charge in [-0.15, -0.1) is 0 Å². The Labute approximate surface area is 119 Å². The number of halogens is 3. The van der Waals surface area contributed by atoms with Crippen LogP contribution in [0.25, 0.3) is 0 Å². The van der Waals surface area contributed by atoms with E-state index in [-0.39, 0.29) is 0 Å². The zero-order valence-corrected chi connectivity index (χ0v) is 11.3. The van der Waals surface area contributed by atoms with Gasteiger partial charge in [-0.3, -0.25) is 0 Å². The van der Waals surface area contributed by atoms with Crippen molar-refractivity contribution in [2.75, 3.05) is 6.54 Å². The van der Waals surface area contributed by atoms with E-state index in [0.29, 0.717) is 11.6 Å². The first-order chi connectivity index (χ1) is 9.49. The molecule has 2 nitrogen and oxygen atoms in total. The van der Waals surface area contributed by atoms with Crippen LogP contribution in [0.4, 0.5) is 13.2 Å². The van der Waals surface area contributed by atoms with E-state index in [9.17, 15) is 13.2 Å². The van der Waals surface area contributed by atoms with Crippen LogP contribution in [0.2, 0.25) is 0 Å². The van der Waals surface area contributed by atoms with Crippen molar-refractivity contribution < 1.29 is 13.2 Å². The Hall–Kier alpha value is -1.53. The van der Waals surface area contributed by atoms with Crippen LogP contribution in [0.1, 0.15) is 11.1 Å². The number of nitrogens with zero attached hydrogens (tertiary/aromatic N) is 1. The zero-order chi connectivity index (χ0) is 14.6. The molecule has 0 spiro atoms. The van der Waals surface area contributed by atoms with E-state index < -0.39 is 11.7 Å². The molecule has 0 saturated heterocycles. The number of pyridine rings is 1. The second-order valence-corrected chi connectivity index (χ2v) is 5.26. The fraction of sp³-hybridized carbons (Fsp3) is 0.214. The average molecular weight is 298 g/mol. The molecule has 1 heterocycles. The summed E-state index contributed by atoms with van der Waals surface area (Å²) < 4.78 is 37.2. The van der Waals surface area contributed by atoms with Gasteiger partial charge in [0.15, 0.2) is 0 Å². The van der Waals surface area contributed by atoms with E-state index in [1.54, 1.807) is 0 Å². The molecule has 0 bridgehead atoms. The van der Waals surface area contributed by atoms with Gasteiger partial charge in [0.05, 0.1) is 5.56 Å². The summed E-state index contributed by atoms with van der Waals surface area (Å²) in [7, 11) is 0. The highest BCUT2D eigenvalue weighted by molar-refractivity contribution is 7.99. The third-order valence-corrected chi connectivity index (χ3v) is 3.60. The van der Waals surface area contributed by atoms with E-state index in [2.05, 4.69) is 4.98 Å². The van der Waals surface area contributed by atoms with Gasteiger partial charge in [0.1, 0.15) is 5.03 Å². The van der Waals surface area contributed by atoms with Crippen LogP contribution in [0.5, 0.6) is 0 Å². The number of nitrogens with two attached hydrogens (primary N) is 1. The molecule has 2 aromatic rings. The normalized spacial score (nSPS) is 11.6. The highest BCUT2D eigenvalue weighted by atomic mass is 32.2. The Morgan fingerprint density at radius 1 is 1.05 bits per heavy atom. The maximum absolute atomic E-state index is 12.4. The Morgan fingerprint density at radius 3 is 2.25 bits per heavy atom. The number of alkyl halides is 3. The Bertz CT molecular complexity index is 550. The van der Waals surface area contributed by atoms with Gasteiger partial charge < -0.3 is 5.73 Å². The molecule has 0 atom stereocenters. The van der Waals surface area contributed by atoms with Crippen LogP contribution in [-0.2, 0) is 12.6 Å². The molecule has 2 N–H and O–H groups in total. The van der Waals surface area contributed by atoms with E-state index in [1.165, 1.54) is 17.8 Å². The lowest BCUT2D eigenvalue weighted by Gasteiger charge is -2.07. The largest absolute Gasteiger partial charge is 0.417 e. The third kappa shape index (κ3) is 3.98. The smallest absolute Gasteiger partial charge is 0.330 e. The third-order valence-electron chi connectivity index (χ3n) is 2.64. The average Bonchev–Trinajstić information content (AvgIpc) is 2.41. The van der Waals surface area contributed by atoms with Gasteiger partial charge in [0, 0.05) is 11.1 Å². The van der Waals surface area contributed by atoms with Gasteiger partial charge >= 0.3 is 6.18 Å². The molecule has 6 heteroatoms. The summed E-state index contributed by atoms with van der Waals surface area (Å²) in [6.07, 6.45) is -2.69. The van der Waals surface area contributed by atoms with Crippen LogP contribution in [0, 0.1) is 0 Å². The molecule has 0 aliphatic carbocycles. The van der Waals surface area contributed by atoms with Crippen LogP contribution in [-0.4, -0.2) is 11.5 Å². The first kappa shape index (κ1) is 14.9. The molecule has 2 rings (SSSR count). The molecule has 106 valence electrons. The molecule has 0 fully saturated rings. The molecule has 0 amide bonds. The summed E-state index contributed by atoms with van der Waals surface area (Å²) in [5.41, 5.74) is 5.86. The fourth-order valence-electron chi connectivity index (χ4n) is 1.62. The first-order valence-electron chi connectivity index (χ1n) is 5.99. The van der Waals surface area contributed by atoms with Crippen LogP contribution >= 0.6 is 11.8 Å². The Morgan fingerprint density at radius 2 is 1.75 bits per heavy atom. The highest BCUT2D eigenvalue weighted by Crippen LogP contribution is 2.31. The first-order valence-corrected chi connectivity index (χ1v) is 6.81. The van der Waals surface area contributed by atoms with Crippen molar-refractivity contribution in [3.05, 3.63) is 53.7 Å². The lowest BCUT2D eigenvalue weighted by molar-refractivity contribution is -0.137. The molecule has 0 unspecified atom stereocenters. The highest BCUT2D eigenvalue weighted by Gasteiger charge is 2.30. The zero-order valence-electron chi connectivity index (χ0n) is 10.5. The van der Waals surface area contributed by atoms with Gasteiger partial charge in [-0.25, -0.2) is 4.98 Å². The molecule has 1 aromatic carbocycles. The van der Waals surface area contributed by atoms with Crippen molar-refractivity contribution in [3.8, 4) is 0 Å². The van der Waals surface area contributed by atoms with Gasteiger partial charge in [-0.2, -0.15) is 13.2 Å². The topological polar surface area (TPSA) is 38.9 Å². The molecule has 1 aromatic heterocycles. The molecule has 0 aliphatic heterocycles. The van der Waals surface area contributed by atoms with Crippen molar-refractivity contribution in [1.29, 1.82) is 0 Å². The van der Waals surface area contributed by atoms with E-state index in [0.717, 1.165) is 29.1 Å². The minimum absolute atomic E-state index is 0.532. The summed E-state index contributed by atoms with van der Waals surface area (Å²) >= 11 is 1.32. The van der Waals surface area contributed by atoms with E-state index in [1.807, 2.05) is 24.3 Å². The number of benzene rings is 1. The van der Waals surface area contributed by atoms with Gasteiger partial charge in [-0.1, -0.05) is 23.9 Å². The summed E-state index contributed by atoms with van der Waals surface area (Å²) in [6, 6.07) is 10.2. The number of hydrogen-bond acceptors (Lipinski definition) is 3. The predicted molar refractivity (Wildman–Crippen MR) is 72.6 cm³/mol. The van der Waals surface area contributed by atoms with Crippen LogP contribution < -0.4 is 5.73 Å². The number of rotatable bonds is 4. The number of aromatic nitrogens is 1. The maximum atomic E-state index is 12.4. The van der Waals surface area contributed by atoms with Crippen molar-refractivity contribution in [3.63, 3.8) is 0 Å². The lowest BCUT2D eigenvalue weighted by Crippen LogP contribution is -2.05. The molecular weight excluding hydrogens is 285 g/mol. The maximum Gasteiger partial charge on any atom is 0.417 e. The van der Waals surface area contributed by atoms with Crippen LogP contribution in [0.3, 0.4) is 0 Å². The molecule has 0 aliphatic rings. The molecule has 20 heavy (non-hydrogen) atoms. The minimum atomic E-state index is -4.35. The summed E-state index contributed by atoms with van der Waals surface area (Å²) in [4.78, 5) is 4.75. The van der Waals surface area contributed by atoms with Crippen molar-refractivity contribution in [1.82, 2.24) is 4.98 Å². The quantitative estimate of drug-likeness (QED) is 0.934. The van der Waals surface area contributed by atoms with Crippen molar-refractivity contribution >= 4 is 11.8 Å². The summed E-state index contributed by atoms with van der Waals surface area (Å²) in [6.45, 7) is 0.590. The lowest BCUT2D eigenvalue weighted by atomic mass is 10.2. The second kappa shape index (κ2) is 6.28. The standard InChI is InChI=1S/C14H13F3N2S/c15-14(16,17)11-3-6-13(19-9-11)20-12-4-1-10(2-5-12)7-8-18/h1-6,9H,7-8,18H2. The molecule has 0 saturated carbocycles. The van der Waals surface area contributed by atoms with Crippen molar-refractivity contribution in [2.45, 2.75) is 22.5 Å². The SMILES string of the molecule is NCCc1ccc(Sc2ccc(C(F)(F)F)cn2)cc1. The van der Waals surface area contributed by atoms with Crippen molar-refractivity contribution in [2.24, 2.45) is 5.73 Å². The number of hydrogen-bond donors (Lipinski definition) is 1. The molecular formula is C14H13F3N2S. The minimum Gasteiger partial charge on any atom is -0.330 e. The monoisotopic (exact) mass is 298 g/mol. The van der Waals surface area contributed by atoms with Crippen LogP contribution in [0.15, 0.2) is 52.5 Å². The Balaban J connectivity index is 2.06. The van der Waals surface area contributed by atoms with E-state index >= 15 is 0 Å². The second-order valence-electron chi connectivity index (χ2n) is 4.17. The fourth-order valence-corrected chi connectivity index (χ4v) is 2.38. The predicted octanol–water partition coefficient (Wildman–Crippen LogP) is 3.75. The summed E-state index contributed by atoms with van der Waals surface area (Å²) in [5, 5.41) is 0.532. The van der Waals surface area contributed by atoms with Gasteiger partial charge in [0.25, 0.3) is 0 Å². The molecule has 0 radical (unpaired) electrons.